The zero-order valence-corrected chi connectivity index (χ0v) is 14.2. The molecule has 0 amide bonds. The number of hydrogen-bond acceptors (Lipinski definition) is 7. The van der Waals surface area contributed by atoms with E-state index in [1.54, 1.807) is 0 Å². The van der Waals surface area contributed by atoms with Gasteiger partial charge in [0, 0.05) is 5.56 Å². The molecule has 0 saturated heterocycles. The predicted octanol–water partition coefficient (Wildman–Crippen LogP) is 1.34. The number of rotatable bonds is 6. The number of hydrogen-bond donors (Lipinski definition) is 3. The van der Waals surface area contributed by atoms with Crippen molar-refractivity contribution in [3.63, 3.8) is 0 Å². The molecule has 0 fully saturated rings. The molecule has 1 aromatic rings. The van der Waals surface area contributed by atoms with E-state index in [4.69, 9.17) is 9.66 Å². The Morgan fingerprint density at radius 2 is 1.44 bits per heavy atom. The summed E-state index contributed by atoms with van der Waals surface area (Å²) in [6.45, 7) is -2.76. The summed E-state index contributed by atoms with van der Waals surface area (Å²) in [6.07, 6.45) is -12.7. The quantitative estimate of drug-likeness (QED) is 0.337. The van der Waals surface area contributed by atoms with Gasteiger partial charge in [0.05, 0.1) is 4.90 Å². The summed E-state index contributed by atoms with van der Waals surface area (Å²) < 4.78 is 132. The number of aliphatic hydroxyl groups is 1. The number of phenolic OH excluding ortho intramolecular Hbond substituents is 1. The molecule has 0 aromatic heterocycles. The zero-order chi connectivity index (χ0) is 21.5. The van der Waals surface area contributed by atoms with E-state index in [9.17, 15) is 48.3 Å². The molecule has 0 heterocycles. The van der Waals surface area contributed by atoms with Crippen molar-refractivity contribution in [2.45, 2.75) is 28.6 Å². The van der Waals surface area contributed by atoms with Crippen LogP contribution in [0, 0.1) is 0 Å². The van der Waals surface area contributed by atoms with Crippen LogP contribution in [-0.4, -0.2) is 56.2 Å². The molecule has 0 unspecified atom stereocenters. The SMILES string of the molecule is O=S(=O)(Cc1cc(S(=O)(=O)O)ccc1O)OCC(O)(C(F)(F)F)C(F)(F)F. The summed E-state index contributed by atoms with van der Waals surface area (Å²) in [5.41, 5.74) is -6.31. The smallest absolute Gasteiger partial charge is 0.428 e. The molecular weight excluding hydrogens is 438 g/mol. The van der Waals surface area contributed by atoms with Crippen molar-refractivity contribution in [2.75, 3.05) is 6.61 Å². The van der Waals surface area contributed by atoms with Crippen LogP contribution in [0.25, 0.3) is 0 Å². The molecule has 3 N–H and O–H groups in total. The minimum absolute atomic E-state index is 0.408. The van der Waals surface area contributed by atoms with Gasteiger partial charge in [0.25, 0.3) is 25.8 Å². The predicted molar refractivity (Wildman–Crippen MR) is 73.6 cm³/mol. The minimum Gasteiger partial charge on any atom is -0.508 e. The molecule has 0 spiro atoms. The third kappa shape index (κ3) is 5.44. The van der Waals surface area contributed by atoms with Gasteiger partial charge in [0.1, 0.15) is 18.1 Å². The number of alkyl halides is 6. The standard InChI is InChI=1S/C11H10F6O8S2/c12-10(13,14)9(19,11(15,16)17)5-25-26(20,21)4-6-3-7(27(22,23)24)1-2-8(6)18/h1-3,18-19H,4-5H2,(H,22,23,24). The lowest BCUT2D eigenvalue weighted by Gasteiger charge is -2.31. The highest BCUT2D eigenvalue weighted by atomic mass is 32.2. The van der Waals surface area contributed by atoms with Crippen molar-refractivity contribution < 1.29 is 62.1 Å². The Bertz CT molecular complexity index is 890. The van der Waals surface area contributed by atoms with Gasteiger partial charge in [0.15, 0.2) is 0 Å². The highest BCUT2D eigenvalue weighted by Gasteiger charge is 2.71. The Kier molecular flexibility index (Phi) is 6.14. The number of phenols is 1. The van der Waals surface area contributed by atoms with Gasteiger partial charge in [-0.1, -0.05) is 0 Å². The van der Waals surface area contributed by atoms with Gasteiger partial charge in [-0.05, 0) is 18.2 Å². The molecule has 156 valence electrons. The van der Waals surface area contributed by atoms with Crippen LogP contribution in [0.1, 0.15) is 5.56 Å². The highest BCUT2D eigenvalue weighted by molar-refractivity contribution is 7.86. The van der Waals surface area contributed by atoms with Crippen LogP contribution in [0.5, 0.6) is 5.75 Å². The van der Waals surface area contributed by atoms with Crippen LogP contribution in [0.2, 0.25) is 0 Å². The van der Waals surface area contributed by atoms with E-state index in [-0.39, 0.29) is 0 Å². The Morgan fingerprint density at radius 1 is 0.963 bits per heavy atom. The maximum absolute atomic E-state index is 12.5. The van der Waals surface area contributed by atoms with Gasteiger partial charge in [-0.25, -0.2) is 0 Å². The summed E-state index contributed by atoms with van der Waals surface area (Å²) in [5.74, 6) is -2.47. The van der Waals surface area contributed by atoms with Crippen LogP contribution in [0.15, 0.2) is 23.1 Å². The highest BCUT2D eigenvalue weighted by Crippen LogP contribution is 2.43. The second kappa shape index (κ2) is 7.08. The van der Waals surface area contributed by atoms with Crippen LogP contribution in [-0.2, 0) is 30.2 Å². The van der Waals surface area contributed by atoms with Crippen molar-refractivity contribution in [1.29, 1.82) is 0 Å². The van der Waals surface area contributed by atoms with E-state index in [0.29, 0.717) is 18.2 Å². The van der Waals surface area contributed by atoms with E-state index in [2.05, 4.69) is 4.18 Å². The largest absolute Gasteiger partial charge is 0.508 e. The Labute approximate surface area is 147 Å². The van der Waals surface area contributed by atoms with Gasteiger partial charge in [-0.15, -0.1) is 0 Å². The van der Waals surface area contributed by atoms with Crippen LogP contribution in [0.3, 0.4) is 0 Å². The summed E-state index contributed by atoms with van der Waals surface area (Å²) >= 11 is 0. The molecule has 1 aromatic carbocycles. The van der Waals surface area contributed by atoms with Gasteiger partial charge >= 0.3 is 12.4 Å². The Balaban J connectivity index is 3.14. The first-order valence-electron chi connectivity index (χ1n) is 6.32. The van der Waals surface area contributed by atoms with Crippen LogP contribution >= 0.6 is 0 Å². The summed E-state index contributed by atoms with van der Waals surface area (Å²) in [6, 6.07) is 1.66. The monoisotopic (exact) mass is 448 g/mol. The lowest BCUT2D eigenvalue weighted by molar-refractivity contribution is -0.373. The maximum atomic E-state index is 12.5. The molecule has 0 aliphatic rings. The van der Waals surface area contributed by atoms with E-state index in [1.165, 1.54) is 0 Å². The molecule has 0 bridgehead atoms. The molecule has 0 atom stereocenters. The van der Waals surface area contributed by atoms with Crippen molar-refractivity contribution >= 4 is 20.2 Å². The number of halogens is 6. The molecule has 1 rings (SSSR count). The second-order valence-electron chi connectivity index (χ2n) is 5.09. The summed E-state index contributed by atoms with van der Waals surface area (Å²) in [5, 5.41) is 18.3. The first-order valence-corrected chi connectivity index (χ1v) is 9.34. The number of benzene rings is 1. The third-order valence-corrected chi connectivity index (χ3v) is 5.06. The van der Waals surface area contributed by atoms with Crippen LogP contribution in [0.4, 0.5) is 26.3 Å². The molecule has 0 radical (unpaired) electrons. The van der Waals surface area contributed by atoms with Gasteiger partial charge in [0.2, 0.25) is 0 Å². The first-order chi connectivity index (χ1) is 11.8. The van der Waals surface area contributed by atoms with Gasteiger partial charge < -0.3 is 10.2 Å². The van der Waals surface area contributed by atoms with E-state index in [0.717, 1.165) is 0 Å². The Morgan fingerprint density at radius 3 is 1.85 bits per heavy atom. The molecule has 0 aliphatic carbocycles. The number of aromatic hydroxyl groups is 1. The van der Waals surface area contributed by atoms with E-state index >= 15 is 0 Å². The van der Waals surface area contributed by atoms with E-state index in [1.807, 2.05) is 0 Å². The maximum Gasteiger partial charge on any atom is 0.428 e. The zero-order valence-electron chi connectivity index (χ0n) is 12.6. The lowest BCUT2D eigenvalue weighted by Crippen LogP contribution is -2.60. The fraction of sp³-hybridized carbons (Fsp3) is 0.455. The van der Waals surface area contributed by atoms with Crippen molar-refractivity contribution in [3.8, 4) is 5.75 Å². The molecule has 27 heavy (non-hydrogen) atoms. The average Bonchev–Trinajstić information content (AvgIpc) is 2.43. The third-order valence-electron chi connectivity index (χ3n) is 3.07. The lowest BCUT2D eigenvalue weighted by atomic mass is 10.1. The minimum atomic E-state index is -6.33. The summed E-state index contributed by atoms with van der Waals surface area (Å²) in [7, 11) is -10.1. The fourth-order valence-corrected chi connectivity index (χ4v) is 3.15. The van der Waals surface area contributed by atoms with E-state index < -0.39 is 66.8 Å². The molecule has 0 aliphatic heterocycles. The van der Waals surface area contributed by atoms with Gasteiger partial charge in [-0.3, -0.25) is 8.74 Å². The molecule has 16 heteroatoms. The topological polar surface area (TPSA) is 138 Å². The Hall–Kier alpha value is -1.62. The van der Waals surface area contributed by atoms with Crippen molar-refractivity contribution in [2.24, 2.45) is 0 Å². The van der Waals surface area contributed by atoms with Crippen LogP contribution < -0.4 is 0 Å². The molecule has 8 nitrogen and oxygen atoms in total. The van der Waals surface area contributed by atoms with Crippen molar-refractivity contribution in [3.05, 3.63) is 23.8 Å². The second-order valence-corrected chi connectivity index (χ2v) is 8.15. The summed E-state index contributed by atoms with van der Waals surface area (Å²) in [4.78, 5) is -0.910. The molecular formula is C11H10F6O8S2. The molecule has 0 saturated carbocycles. The van der Waals surface area contributed by atoms with Crippen molar-refractivity contribution in [1.82, 2.24) is 0 Å². The average molecular weight is 448 g/mol. The fourth-order valence-electron chi connectivity index (χ4n) is 1.57. The van der Waals surface area contributed by atoms with Gasteiger partial charge in [-0.2, -0.15) is 43.2 Å². The normalized spacial score (nSPS) is 14.4. The first kappa shape index (κ1) is 23.4.